The quantitative estimate of drug-likeness (QED) is 0.660. The van der Waals surface area contributed by atoms with Crippen LogP contribution in [0.3, 0.4) is 0 Å². The number of aromatic nitrogens is 2. The van der Waals surface area contributed by atoms with Crippen LogP contribution in [0.4, 0.5) is 14.6 Å². The summed E-state index contributed by atoms with van der Waals surface area (Å²) in [5, 5.41) is 2.61. The van der Waals surface area contributed by atoms with E-state index in [4.69, 9.17) is 10.5 Å². The number of benzene rings is 1. The molecule has 1 aliphatic heterocycles. The predicted molar refractivity (Wildman–Crippen MR) is 108 cm³/mol. The van der Waals surface area contributed by atoms with Gasteiger partial charge in [-0.15, -0.1) is 0 Å². The molecule has 3 N–H and O–H groups in total. The van der Waals surface area contributed by atoms with E-state index < -0.39 is 36.4 Å². The van der Waals surface area contributed by atoms with E-state index >= 15 is 0 Å². The molecule has 31 heavy (non-hydrogen) atoms. The second kappa shape index (κ2) is 7.75. The van der Waals surface area contributed by atoms with Crippen molar-refractivity contribution in [2.24, 2.45) is 11.7 Å². The van der Waals surface area contributed by atoms with Crippen molar-refractivity contribution >= 4 is 17.6 Å². The van der Waals surface area contributed by atoms with Crippen LogP contribution >= 0.6 is 0 Å². The van der Waals surface area contributed by atoms with E-state index in [1.807, 2.05) is 0 Å². The molecule has 0 bridgehead atoms. The molecule has 1 aromatic carbocycles. The summed E-state index contributed by atoms with van der Waals surface area (Å²) < 4.78 is 32.3. The molecule has 8 nitrogen and oxygen atoms in total. The molecule has 2 heterocycles. The number of alkyl halides is 2. The summed E-state index contributed by atoms with van der Waals surface area (Å²) in [6, 6.07) is 8.58. The third-order valence-electron chi connectivity index (χ3n) is 5.46. The molecular formula is C21H23F2N5O3. The minimum atomic E-state index is -2.79. The lowest BCUT2D eigenvalue weighted by Crippen LogP contribution is -2.57. The van der Waals surface area contributed by atoms with E-state index in [0.29, 0.717) is 18.1 Å². The maximum absolute atomic E-state index is 13.3. The van der Waals surface area contributed by atoms with Crippen LogP contribution in [0.5, 0.6) is 5.88 Å². The maximum atomic E-state index is 13.3. The van der Waals surface area contributed by atoms with Gasteiger partial charge in [-0.1, -0.05) is 30.3 Å². The smallest absolute Gasteiger partial charge is 0.282 e. The van der Waals surface area contributed by atoms with Gasteiger partial charge in [0.05, 0.1) is 25.9 Å². The molecule has 4 rings (SSSR count). The lowest BCUT2D eigenvalue weighted by Gasteiger charge is -2.39. The van der Waals surface area contributed by atoms with Crippen molar-refractivity contribution in [3.8, 4) is 5.88 Å². The Labute approximate surface area is 177 Å². The van der Waals surface area contributed by atoms with E-state index in [-0.39, 0.29) is 17.4 Å². The summed E-state index contributed by atoms with van der Waals surface area (Å²) in [5.41, 5.74) is 4.49. The van der Waals surface area contributed by atoms with Gasteiger partial charge >= 0.3 is 0 Å². The van der Waals surface area contributed by atoms with E-state index in [1.165, 1.54) is 18.0 Å². The van der Waals surface area contributed by atoms with Gasteiger partial charge in [0.1, 0.15) is 5.54 Å². The molecule has 1 atom stereocenters. The van der Waals surface area contributed by atoms with Gasteiger partial charge in [-0.25, -0.2) is 18.7 Å². The molecule has 2 aromatic rings. The number of carbonyl (C=O) groups excluding carboxylic acids is 2. The number of anilines is 1. The van der Waals surface area contributed by atoms with Gasteiger partial charge in [0, 0.05) is 0 Å². The normalized spacial score (nSPS) is 19.1. The molecule has 0 radical (unpaired) electrons. The standard InChI is InChI=1S/C21H23F2N5O3/c1-20(19(24)30,14-5-3-2-4-6-14)27-17(29)15-9-25-16(28-11-21(22,23)12-28)18(26-15)31-10-13-7-8-13/h2-6,9,13H,7-8,10-12H2,1H3,(H2,24,30)(H,27,29)/t20-/m0/s1. The van der Waals surface area contributed by atoms with E-state index in [9.17, 15) is 18.4 Å². The molecule has 0 unspecified atom stereocenters. The molecule has 1 aliphatic carbocycles. The summed E-state index contributed by atoms with van der Waals surface area (Å²) >= 11 is 0. The number of rotatable bonds is 8. The SMILES string of the molecule is C[C@@](NC(=O)c1cnc(N2CC(F)(F)C2)c(OCC2CC2)n1)(C(N)=O)c1ccccc1. The number of hydrogen-bond donors (Lipinski definition) is 2. The summed E-state index contributed by atoms with van der Waals surface area (Å²) in [4.78, 5) is 34.8. The topological polar surface area (TPSA) is 110 Å². The average Bonchev–Trinajstić information content (AvgIpc) is 3.55. The van der Waals surface area contributed by atoms with Crippen LogP contribution in [0, 0.1) is 5.92 Å². The van der Waals surface area contributed by atoms with Crippen molar-refractivity contribution in [1.82, 2.24) is 15.3 Å². The number of primary amides is 1. The average molecular weight is 431 g/mol. The van der Waals surface area contributed by atoms with Gasteiger partial charge in [0.15, 0.2) is 11.5 Å². The summed E-state index contributed by atoms with van der Waals surface area (Å²) in [6.07, 6.45) is 3.23. The number of carbonyl (C=O) groups is 2. The van der Waals surface area contributed by atoms with Gasteiger partial charge in [0.2, 0.25) is 5.91 Å². The largest absolute Gasteiger partial charge is 0.475 e. The fourth-order valence-corrected chi connectivity index (χ4v) is 3.27. The third kappa shape index (κ3) is 4.42. The van der Waals surface area contributed by atoms with Crippen LogP contribution in [0.1, 0.15) is 35.8 Å². The first-order chi connectivity index (χ1) is 14.7. The Morgan fingerprint density at radius 3 is 2.55 bits per heavy atom. The number of hydrogen-bond acceptors (Lipinski definition) is 6. The third-order valence-corrected chi connectivity index (χ3v) is 5.46. The van der Waals surface area contributed by atoms with Crippen LogP contribution in [0.25, 0.3) is 0 Å². The van der Waals surface area contributed by atoms with Crippen molar-refractivity contribution < 1.29 is 23.1 Å². The van der Waals surface area contributed by atoms with Crippen molar-refractivity contribution in [1.29, 1.82) is 0 Å². The first kappa shape index (κ1) is 21.0. The number of nitrogens with two attached hydrogens (primary N) is 1. The van der Waals surface area contributed by atoms with Crippen LogP contribution in [0.2, 0.25) is 0 Å². The lowest BCUT2D eigenvalue weighted by atomic mass is 9.91. The Morgan fingerprint density at radius 2 is 1.97 bits per heavy atom. The molecule has 2 amide bonds. The first-order valence-electron chi connectivity index (χ1n) is 9.98. The highest BCUT2D eigenvalue weighted by atomic mass is 19.3. The van der Waals surface area contributed by atoms with Crippen molar-refractivity contribution in [2.45, 2.75) is 31.2 Å². The van der Waals surface area contributed by atoms with Gasteiger partial charge in [0.25, 0.3) is 17.7 Å². The summed E-state index contributed by atoms with van der Waals surface area (Å²) in [5.74, 6) is -3.63. The van der Waals surface area contributed by atoms with E-state index in [2.05, 4.69) is 15.3 Å². The van der Waals surface area contributed by atoms with Crippen LogP contribution in [-0.2, 0) is 10.3 Å². The molecule has 2 aliphatic rings. The zero-order chi connectivity index (χ0) is 22.2. The molecule has 1 aromatic heterocycles. The van der Waals surface area contributed by atoms with E-state index in [0.717, 1.165) is 12.8 Å². The van der Waals surface area contributed by atoms with Crippen molar-refractivity contribution in [3.05, 3.63) is 47.8 Å². The van der Waals surface area contributed by atoms with Gasteiger partial charge < -0.3 is 20.7 Å². The minimum absolute atomic E-state index is 0.0236. The molecule has 164 valence electrons. The fraction of sp³-hybridized carbons (Fsp3) is 0.429. The Hall–Kier alpha value is -3.30. The number of amides is 2. The van der Waals surface area contributed by atoms with Crippen LogP contribution in [0.15, 0.2) is 36.5 Å². The van der Waals surface area contributed by atoms with Gasteiger partial charge in [-0.3, -0.25) is 9.59 Å². The Balaban J connectivity index is 1.58. The highest BCUT2D eigenvalue weighted by Crippen LogP contribution is 2.36. The number of nitrogens with zero attached hydrogens (tertiary/aromatic N) is 3. The zero-order valence-electron chi connectivity index (χ0n) is 17.0. The summed E-state index contributed by atoms with van der Waals surface area (Å²) in [7, 11) is 0. The Kier molecular flexibility index (Phi) is 5.24. The molecule has 0 spiro atoms. The maximum Gasteiger partial charge on any atom is 0.282 e. The summed E-state index contributed by atoms with van der Waals surface area (Å²) in [6.45, 7) is 0.901. The second-order valence-electron chi connectivity index (χ2n) is 8.16. The van der Waals surface area contributed by atoms with Gasteiger partial charge in [-0.2, -0.15) is 0 Å². The Bertz CT molecular complexity index is 992. The fourth-order valence-electron chi connectivity index (χ4n) is 3.27. The van der Waals surface area contributed by atoms with Crippen molar-refractivity contribution in [2.75, 3.05) is 24.6 Å². The molecular weight excluding hydrogens is 408 g/mol. The predicted octanol–water partition coefficient (Wildman–Crippen LogP) is 1.85. The monoisotopic (exact) mass is 431 g/mol. The number of nitrogens with one attached hydrogen (secondary N) is 1. The zero-order valence-corrected chi connectivity index (χ0v) is 17.0. The number of ether oxygens (including phenoxy) is 1. The van der Waals surface area contributed by atoms with Crippen molar-refractivity contribution in [3.63, 3.8) is 0 Å². The molecule has 1 saturated carbocycles. The van der Waals surface area contributed by atoms with Crippen LogP contribution < -0.4 is 20.7 Å². The van der Waals surface area contributed by atoms with Gasteiger partial charge in [-0.05, 0) is 31.2 Å². The molecule has 1 saturated heterocycles. The molecule has 10 heteroatoms. The lowest BCUT2D eigenvalue weighted by molar-refractivity contribution is -0.123. The number of halogens is 2. The van der Waals surface area contributed by atoms with Crippen LogP contribution in [-0.4, -0.2) is 47.4 Å². The first-order valence-corrected chi connectivity index (χ1v) is 9.98. The Morgan fingerprint density at radius 1 is 1.29 bits per heavy atom. The molecule has 2 fully saturated rings. The minimum Gasteiger partial charge on any atom is -0.475 e. The van der Waals surface area contributed by atoms with E-state index in [1.54, 1.807) is 30.3 Å². The second-order valence-corrected chi connectivity index (χ2v) is 8.16. The highest BCUT2D eigenvalue weighted by Gasteiger charge is 2.46. The highest BCUT2D eigenvalue weighted by molar-refractivity contribution is 5.98.